The molecular formula is CH4KNSe. The molecule has 0 spiro atoms. The SMILES string of the molecule is C#N.[KH].[SeH2]. The summed E-state index contributed by atoms with van der Waals surface area (Å²) in [4.78, 5) is 0. The molecule has 20 valence electrons. The first-order valence-corrected chi connectivity index (χ1v) is 0.258. The fraction of sp³-hybridized carbons (Fsp3) is 0. The molecule has 0 radical (unpaired) electrons. The summed E-state index contributed by atoms with van der Waals surface area (Å²) < 4.78 is 0. The summed E-state index contributed by atoms with van der Waals surface area (Å²) in [6.45, 7) is 3.50. The average Bonchev–Trinajstić information content (AvgIpc) is 1.00. The van der Waals surface area contributed by atoms with E-state index < -0.39 is 0 Å². The number of hydrogen-bond donors (Lipinski definition) is 0. The van der Waals surface area contributed by atoms with Crippen LogP contribution in [0.4, 0.5) is 0 Å². The fourth-order valence-corrected chi connectivity index (χ4v) is 0. The van der Waals surface area contributed by atoms with Gasteiger partial charge in [0.15, 0.2) is 0 Å². The zero-order valence-corrected chi connectivity index (χ0v) is 3.62. The van der Waals surface area contributed by atoms with Crippen LogP contribution in [0.2, 0.25) is 0 Å². The van der Waals surface area contributed by atoms with Crippen molar-refractivity contribution in [1.82, 2.24) is 0 Å². The molecular weight excluding hydrogens is 144 g/mol. The predicted octanol–water partition coefficient (Wildman–Crippen LogP) is -1.42. The first kappa shape index (κ1) is 17.4. The van der Waals surface area contributed by atoms with Crippen LogP contribution in [-0.4, -0.2) is 68.5 Å². The van der Waals surface area contributed by atoms with Gasteiger partial charge in [0.1, 0.15) is 0 Å². The maximum atomic E-state index is 6.50. The second-order valence-electron chi connectivity index (χ2n) is 0. The normalized spacial score (nSPS) is 0.500. The van der Waals surface area contributed by atoms with Crippen molar-refractivity contribution in [3.8, 4) is 6.57 Å². The minimum absolute atomic E-state index is 0. The third-order valence-corrected chi connectivity index (χ3v) is 0. The maximum absolute atomic E-state index is 6.50. The van der Waals surface area contributed by atoms with Crippen molar-refractivity contribution in [3.63, 3.8) is 0 Å². The van der Waals surface area contributed by atoms with Gasteiger partial charge in [-0.1, -0.05) is 0 Å². The van der Waals surface area contributed by atoms with E-state index in [-0.39, 0.29) is 68.5 Å². The Labute approximate surface area is 78.7 Å². The molecule has 0 aliphatic rings. The molecule has 0 heterocycles. The minimum atomic E-state index is 0. The van der Waals surface area contributed by atoms with E-state index in [0.29, 0.717) is 0 Å². The molecule has 0 rings (SSSR count). The number of rotatable bonds is 0. The van der Waals surface area contributed by atoms with Crippen molar-refractivity contribution >= 4 is 68.5 Å². The van der Waals surface area contributed by atoms with Crippen LogP contribution in [0.5, 0.6) is 0 Å². The molecule has 0 aliphatic heterocycles. The topological polar surface area (TPSA) is 23.8 Å². The van der Waals surface area contributed by atoms with E-state index in [1.54, 1.807) is 0 Å². The molecule has 0 aromatic carbocycles. The molecule has 4 heavy (non-hydrogen) atoms. The van der Waals surface area contributed by atoms with E-state index in [2.05, 4.69) is 6.57 Å². The van der Waals surface area contributed by atoms with Crippen molar-refractivity contribution < 1.29 is 0 Å². The molecule has 0 N–H and O–H groups in total. The molecule has 0 fully saturated rings. The Kier molecular flexibility index (Phi) is 99.2. The van der Waals surface area contributed by atoms with E-state index in [1.807, 2.05) is 0 Å². The van der Waals surface area contributed by atoms with Crippen molar-refractivity contribution in [2.24, 2.45) is 0 Å². The Morgan fingerprint density at radius 1 is 1.25 bits per heavy atom. The van der Waals surface area contributed by atoms with Gasteiger partial charge < -0.3 is 0 Å². The van der Waals surface area contributed by atoms with Gasteiger partial charge in [-0.05, 0) is 0 Å². The molecule has 0 amide bonds. The van der Waals surface area contributed by atoms with Gasteiger partial charge in [-0.2, -0.15) is 0 Å². The number of nitriles is 1. The quantitative estimate of drug-likeness (QED) is 0.386. The average molecular weight is 148 g/mol. The summed E-state index contributed by atoms with van der Waals surface area (Å²) in [6.07, 6.45) is 0. The van der Waals surface area contributed by atoms with Crippen molar-refractivity contribution in [3.05, 3.63) is 0 Å². The summed E-state index contributed by atoms with van der Waals surface area (Å²) >= 11 is 0. The van der Waals surface area contributed by atoms with Gasteiger partial charge in [0.2, 0.25) is 0 Å². The van der Waals surface area contributed by atoms with Gasteiger partial charge in [0, 0.05) is 6.57 Å². The van der Waals surface area contributed by atoms with Crippen LogP contribution in [0.3, 0.4) is 0 Å². The molecule has 0 bridgehead atoms. The number of nitrogens with zero attached hydrogens (tertiary/aromatic N) is 1. The fourth-order valence-electron chi connectivity index (χ4n) is 0. The van der Waals surface area contributed by atoms with Crippen LogP contribution in [0.15, 0.2) is 0 Å². The van der Waals surface area contributed by atoms with Gasteiger partial charge in [-0.15, -0.1) is 0 Å². The van der Waals surface area contributed by atoms with Crippen LogP contribution >= 0.6 is 0 Å². The molecule has 0 aromatic heterocycles. The molecule has 0 saturated carbocycles. The molecule has 0 saturated heterocycles. The summed E-state index contributed by atoms with van der Waals surface area (Å²) in [7, 11) is 0. The van der Waals surface area contributed by atoms with Crippen LogP contribution in [0.25, 0.3) is 0 Å². The van der Waals surface area contributed by atoms with Crippen molar-refractivity contribution in [1.29, 1.82) is 5.26 Å². The second-order valence-corrected chi connectivity index (χ2v) is 0. The Morgan fingerprint density at radius 3 is 1.25 bits per heavy atom. The van der Waals surface area contributed by atoms with E-state index in [4.69, 9.17) is 5.26 Å². The molecule has 1 nitrogen and oxygen atoms in total. The Morgan fingerprint density at radius 2 is 1.25 bits per heavy atom. The van der Waals surface area contributed by atoms with Gasteiger partial charge in [0.25, 0.3) is 0 Å². The van der Waals surface area contributed by atoms with Gasteiger partial charge >= 0.3 is 68.5 Å². The Hall–Kier alpha value is 1.65. The first-order valence-electron chi connectivity index (χ1n) is 0.258. The van der Waals surface area contributed by atoms with E-state index in [1.165, 1.54) is 0 Å². The van der Waals surface area contributed by atoms with Crippen molar-refractivity contribution in [2.75, 3.05) is 0 Å². The van der Waals surface area contributed by atoms with E-state index in [9.17, 15) is 0 Å². The van der Waals surface area contributed by atoms with Gasteiger partial charge in [0.05, 0.1) is 0 Å². The van der Waals surface area contributed by atoms with Crippen LogP contribution < -0.4 is 0 Å². The second kappa shape index (κ2) is 22.8. The van der Waals surface area contributed by atoms with Crippen LogP contribution in [0.1, 0.15) is 0 Å². The molecule has 3 heteroatoms. The van der Waals surface area contributed by atoms with Crippen molar-refractivity contribution in [2.45, 2.75) is 0 Å². The monoisotopic (exact) mass is 149 g/mol. The summed E-state index contributed by atoms with van der Waals surface area (Å²) in [6, 6.07) is 0. The number of hydrogen-bond acceptors (Lipinski definition) is 1. The van der Waals surface area contributed by atoms with Crippen LogP contribution in [-0.2, 0) is 0 Å². The third kappa shape index (κ3) is 9.42. The molecule has 0 aliphatic carbocycles. The molecule has 0 unspecified atom stereocenters. The summed E-state index contributed by atoms with van der Waals surface area (Å²) in [5.74, 6) is 0. The predicted molar refractivity (Wildman–Crippen MR) is 22.4 cm³/mol. The summed E-state index contributed by atoms with van der Waals surface area (Å²) in [5.41, 5.74) is 0. The zero-order chi connectivity index (χ0) is 2.00. The van der Waals surface area contributed by atoms with Crippen LogP contribution in [0, 0.1) is 11.8 Å². The van der Waals surface area contributed by atoms with E-state index >= 15 is 0 Å². The summed E-state index contributed by atoms with van der Waals surface area (Å²) in [5, 5.41) is 6.50. The Bertz CT molecular complexity index is 12.8. The standard InChI is InChI=1S/CHN.K.H2Se.H/c1-2;;;/h1H;;1H2;. The third-order valence-electron chi connectivity index (χ3n) is 0. The molecule has 0 atom stereocenters. The van der Waals surface area contributed by atoms with Gasteiger partial charge in [-0.3, -0.25) is 0 Å². The van der Waals surface area contributed by atoms with E-state index in [0.717, 1.165) is 0 Å². The zero-order valence-electron chi connectivity index (χ0n) is 1.52. The molecule has 0 aromatic rings. The first-order chi connectivity index (χ1) is 1.00. The van der Waals surface area contributed by atoms with Gasteiger partial charge in [-0.25, -0.2) is 5.26 Å². The Balaban J connectivity index is -0.00000000500.